The number of aliphatic carboxylic acids is 1. The van der Waals surface area contributed by atoms with Crippen molar-refractivity contribution in [2.75, 3.05) is 11.9 Å². The highest BCUT2D eigenvalue weighted by Gasteiger charge is 2.39. The third-order valence-corrected chi connectivity index (χ3v) is 5.16. The number of aromatic nitrogens is 3. The Balaban J connectivity index is 0.000000454. The number of rotatable bonds is 4. The molecule has 192 valence electrons. The molecule has 0 fully saturated rings. The van der Waals surface area contributed by atoms with E-state index in [0.29, 0.717) is 29.0 Å². The third-order valence-electron chi connectivity index (χ3n) is 5.16. The molecule has 0 radical (unpaired) electrons. The van der Waals surface area contributed by atoms with Crippen molar-refractivity contribution in [1.82, 2.24) is 20.1 Å². The summed E-state index contributed by atoms with van der Waals surface area (Å²) in [6.07, 6.45) is -4.06. The molecule has 0 amide bonds. The van der Waals surface area contributed by atoms with E-state index in [9.17, 15) is 28.1 Å². The summed E-state index contributed by atoms with van der Waals surface area (Å²) in [7, 11) is 0. The minimum atomic E-state index is -5.08. The lowest BCUT2D eigenvalue weighted by Crippen LogP contribution is -2.34. The number of nitro benzene ring substituents is 1. The molecule has 12 nitrogen and oxygen atoms in total. The van der Waals surface area contributed by atoms with Gasteiger partial charge in [0, 0.05) is 35.8 Å². The maximum Gasteiger partial charge on any atom is 0.490 e. The first-order chi connectivity index (χ1) is 16.8. The van der Waals surface area contributed by atoms with Gasteiger partial charge in [0.2, 0.25) is 0 Å². The SMILES string of the molecule is CCOC(=O)n1nc(Nc2nccc3cc([N+](=O)[O-])ccc23)c2c1C(C)(C)NC2.O=C(O)C(F)(F)F. The van der Waals surface area contributed by atoms with Gasteiger partial charge in [-0.25, -0.2) is 14.6 Å². The number of benzene rings is 1. The van der Waals surface area contributed by atoms with E-state index in [1.165, 1.54) is 16.8 Å². The van der Waals surface area contributed by atoms with Crippen LogP contribution in [0.15, 0.2) is 30.5 Å². The van der Waals surface area contributed by atoms with Crippen LogP contribution in [0.1, 0.15) is 32.0 Å². The van der Waals surface area contributed by atoms with Crippen LogP contribution in [0.4, 0.5) is 35.3 Å². The molecular formula is C21H21F3N6O6. The normalized spacial score (nSPS) is 13.9. The summed E-state index contributed by atoms with van der Waals surface area (Å²) in [5, 5.41) is 30.5. The van der Waals surface area contributed by atoms with Gasteiger partial charge in [-0.2, -0.15) is 17.9 Å². The maximum atomic E-state index is 12.4. The fourth-order valence-electron chi connectivity index (χ4n) is 3.56. The number of carbonyl (C=O) groups is 2. The van der Waals surface area contributed by atoms with Crippen molar-refractivity contribution < 1.29 is 37.5 Å². The van der Waals surface area contributed by atoms with Gasteiger partial charge in [-0.15, -0.1) is 5.10 Å². The van der Waals surface area contributed by atoms with Crippen LogP contribution in [-0.2, 0) is 21.6 Å². The number of alkyl halides is 3. The van der Waals surface area contributed by atoms with Crippen molar-refractivity contribution in [1.29, 1.82) is 0 Å². The van der Waals surface area contributed by atoms with Gasteiger partial charge in [0.15, 0.2) is 5.82 Å². The Morgan fingerprint density at radius 3 is 2.56 bits per heavy atom. The molecular weight excluding hydrogens is 489 g/mol. The molecule has 3 heterocycles. The van der Waals surface area contributed by atoms with Gasteiger partial charge in [-0.05, 0) is 38.3 Å². The molecule has 2 aromatic heterocycles. The zero-order chi connectivity index (χ0) is 26.8. The summed E-state index contributed by atoms with van der Waals surface area (Å²) in [5.41, 5.74) is 1.13. The summed E-state index contributed by atoms with van der Waals surface area (Å²) < 4.78 is 38.2. The van der Waals surface area contributed by atoms with Crippen molar-refractivity contribution in [3.63, 3.8) is 0 Å². The third kappa shape index (κ3) is 5.35. The Bertz CT molecular complexity index is 1340. The van der Waals surface area contributed by atoms with Crippen LogP contribution in [0, 0.1) is 10.1 Å². The molecule has 36 heavy (non-hydrogen) atoms. The quantitative estimate of drug-likeness (QED) is 0.345. The monoisotopic (exact) mass is 510 g/mol. The number of halogens is 3. The van der Waals surface area contributed by atoms with E-state index in [1.54, 1.807) is 25.3 Å². The van der Waals surface area contributed by atoms with Crippen LogP contribution in [0.2, 0.25) is 0 Å². The average molecular weight is 510 g/mol. The summed E-state index contributed by atoms with van der Waals surface area (Å²) in [6.45, 7) is 6.45. The second-order valence-electron chi connectivity index (χ2n) is 8.02. The standard InChI is InChI=1S/C19H20N6O4.C2HF3O2/c1-4-29-18(26)24-15-14(10-21-19(15,2)3)17(23-24)22-16-13-6-5-12(25(27)28)9-11(13)7-8-20-16;3-2(4,5)1(6)7/h5-9,21H,4,10H2,1-3H3,(H,20,22,23);(H,6,7). The molecule has 0 spiro atoms. The molecule has 3 aromatic rings. The van der Waals surface area contributed by atoms with E-state index in [2.05, 4.69) is 20.7 Å². The Hall–Kier alpha value is -4.27. The number of fused-ring (bicyclic) bond motifs is 2. The maximum absolute atomic E-state index is 12.4. The summed E-state index contributed by atoms with van der Waals surface area (Å²) in [6, 6.07) is 6.28. The first kappa shape index (κ1) is 26.3. The van der Waals surface area contributed by atoms with Crippen molar-refractivity contribution >= 4 is 40.2 Å². The molecule has 0 atom stereocenters. The molecule has 0 saturated heterocycles. The molecule has 0 saturated carbocycles. The number of ether oxygens (including phenoxy) is 1. The molecule has 0 bridgehead atoms. The van der Waals surface area contributed by atoms with Crippen LogP contribution in [0.3, 0.4) is 0 Å². The highest BCUT2D eigenvalue weighted by molar-refractivity contribution is 5.94. The van der Waals surface area contributed by atoms with Gasteiger partial charge >= 0.3 is 18.2 Å². The van der Waals surface area contributed by atoms with Crippen molar-refractivity contribution in [3.8, 4) is 0 Å². The highest BCUT2D eigenvalue weighted by Crippen LogP contribution is 2.37. The molecule has 15 heteroatoms. The van der Waals surface area contributed by atoms with E-state index in [4.69, 9.17) is 14.6 Å². The topological polar surface area (TPSA) is 162 Å². The number of hydrogen-bond donors (Lipinski definition) is 3. The largest absolute Gasteiger partial charge is 0.490 e. The molecule has 3 N–H and O–H groups in total. The predicted molar refractivity (Wildman–Crippen MR) is 120 cm³/mol. The lowest BCUT2D eigenvalue weighted by molar-refractivity contribution is -0.384. The minimum absolute atomic E-state index is 0.00748. The van der Waals surface area contributed by atoms with Gasteiger partial charge in [0.1, 0.15) is 5.82 Å². The van der Waals surface area contributed by atoms with Crippen LogP contribution in [0.5, 0.6) is 0 Å². The molecule has 0 unspecified atom stereocenters. The second-order valence-corrected chi connectivity index (χ2v) is 8.02. The molecule has 4 rings (SSSR count). The first-order valence-electron chi connectivity index (χ1n) is 10.4. The number of anilines is 2. The average Bonchev–Trinajstić information content (AvgIpc) is 3.31. The summed E-state index contributed by atoms with van der Waals surface area (Å²) in [4.78, 5) is 36.3. The molecule has 1 aromatic carbocycles. The van der Waals surface area contributed by atoms with Gasteiger partial charge < -0.3 is 20.5 Å². The number of pyridine rings is 1. The van der Waals surface area contributed by atoms with Crippen LogP contribution < -0.4 is 10.6 Å². The van der Waals surface area contributed by atoms with Gasteiger partial charge in [-0.3, -0.25) is 10.1 Å². The van der Waals surface area contributed by atoms with Crippen LogP contribution >= 0.6 is 0 Å². The number of non-ortho nitro benzene ring substituents is 1. The first-order valence-corrected chi connectivity index (χ1v) is 10.4. The van der Waals surface area contributed by atoms with E-state index in [-0.39, 0.29) is 12.3 Å². The van der Waals surface area contributed by atoms with E-state index >= 15 is 0 Å². The number of nitrogens with zero attached hydrogens (tertiary/aromatic N) is 4. The lowest BCUT2D eigenvalue weighted by Gasteiger charge is -2.20. The zero-order valence-corrected chi connectivity index (χ0v) is 19.2. The van der Waals surface area contributed by atoms with E-state index in [1.807, 2.05) is 13.8 Å². The number of carboxylic acids is 1. The Kier molecular flexibility index (Phi) is 7.15. The summed E-state index contributed by atoms with van der Waals surface area (Å²) >= 11 is 0. The summed E-state index contributed by atoms with van der Waals surface area (Å²) in [5.74, 6) is -1.77. The second kappa shape index (κ2) is 9.77. The number of carbonyl (C=O) groups excluding carboxylic acids is 1. The molecule has 1 aliphatic heterocycles. The van der Waals surface area contributed by atoms with Crippen molar-refractivity contribution in [3.05, 3.63) is 51.8 Å². The van der Waals surface area contributed by atoms with E-state index in [0.717, 1.165) is 11.3 Å². The Morgan fingerprint density at radius 1 is 1.31 bits per heavy atom. The minimum Gasteiger partial charge on any atom is -0.475 e. The smallest absolute Gasteiger partial charge is 0.475 e. The predicted octanol–water partition coefficient (Wildman–Crippen LogP) is 4.06. The molecule has 1 aliphatic rings. The Labute approximate surface area is 201 Å². The fraction of sp³-hybridized carbons (Fsp3) is 0.333. The van der Waals surface area contributed by atoms with Crippen molar-refractivity contribution in [2.45, 2.75) is 39.0 Å². The van der Waals surface area contributed by atoms with Crippen LogP contribution in [0.25, 0.3) is 10.8 Å². The highest BCUT2D eigenvalue weighted by atomic mass is 19.4. The van der Waals surface area contributed by atoms with Crippen molar-refractivity contribution in [2.24, 2.45) is 0 Å². The molecule has 0 aliphatic carbocycles. The Morgan fingerprint density at radius 2 is 1.97 bits per heavy atom. The zero-order valence-electron chi connectivity index (χ0n) is 19.2. The number of carboxylic acid groups (broad SMARTS) is 1. The number of nitrogens with one attached hydrogen (secondary N) is 2. The fourth-order valence-corrected chi connectivity index (χ4v) is 3.56. The lowest BCUT2D eigenvalue weighted by atomic mass is 10.0. The van der Waals surface area contributed by atoms with Gasteiger partial charge in [0.05, 0.1) is 22.8 Å². The van der Waals surface area contributed by atoms with E-state index < -0.39 is 28.7 Å². The number of hydrogen-bond acceptors (Lipinski definition) is 9. The van der Waals surface area contributed by atoms with Crippen LogP contribution in [-0.4, -0.2) is 49.6 Å². The number of nitro groups is 1. The van der Waals surface area contributed by atoms with Gasteiger partial charge in [0.25, 0.3) is 5.69 Å². The van der Waals surface area contributed by atoms with Gasteiger partial charge in [-0.1, -0.05) is 0 Å².